The number of benzene rings is 3. The van der Waals surface area contributed by atoms with Crippen LogP contribution in [0.4, 0.5) is 0 Å². The summed E-state index contributed by atoms with van der Waals surface area (Å²) >= 11 is 0. The standard InChI is InChI=1S/C34H39NO3/c1-3-26(2)24-32(36)31(25-33(37)38-30-22-14-7-15-23-30)35-34(27-16-8-4-9-17-27,28-18-10-5-11-19-28)29-20-12-6-13-21-29/h3-6,8-13,16-21,26,30-31,35H,1,7,14-15,22-25H2,2H3/t26?,31-/m0/s1. The molecule has 2 atom stereocenters. The molecule has 4 heteroatoms. The largest absolute Gasteiger partial charge is 0.462 e. The molecule has 0 saturated heterocycles. The summed E-state index contributed by atoms with van der Waals surface area (Å²) in [6.07, 6.45) is 7.14. The van der Waals surface area contributed by atoms with Gasteiger partial charge in [-0.2, -0.15) is 0 Å². The Balaban J connectivity index is 1.77. The molecule has 0 aromatic heterocycles. The Labute approximate surface area is 227 Å². The van der Waals surface area contributed by atoms with Crippen LogP contribution in [0.1, 0.15) is 68.6 Å². The summed E-state index contributed by atoms with van der Waals surface area (Å²) < 4.78 is 5.88. The van der Waals surface area contributed by atoms with Crippen molar-refractivity contribution >= 4 is 11.8 Å². The minimum Gasteiger partial charge on any atom is -0.462 e. The van der Waals surface area contributed by atoms with Gasteiger partial charge in [0, 0.05) is 6.42 Å². The van der Waals surface area contributed by atoms with Gasteiger partial charge in [-0.1, -0.05) is 110 Å². The van der Waals surface area contributed by atoms with Crippen molar-refractivity contribution < 1.29 is 14.3 Å². The van der Waals surface area contributed by atoms with E-state index in [1.165, 1.54) is 6.42 Å². The van der Waals surface area contributed by atoms with Gasteiger partial charge in [-0.3, -0.25) is 14.9 Å². The van der Waals surface area contributed by atoms with Crippen molar-refractivity contribution in [2.24, 2.45) is 5.92 Å². The average Bonchev–Trinajstić information content (AvgIpc) is 2.97. The van der Waals surface area contributed by atoms with E-state index in [2.05, 4.69) is 48.3 Å². The van der Waals surface area contributed by atoms with Crippen LogP contribution in [0.3, 0.4) is 0 Å². The average molecular weight is 510 g/mol. The lowest BCUT2D eigenvalue weighted by atomic mass is 9.76. The van der Waals surface area contributed by atoms with Crippen molar-refractivity contribution in [2.75, 3.05) is 0 Å². The lowest BCUT2D eigenvalue weighted by molar-refractivity contribution is -0.152. The second kappa shape index (κ2) is 13.3. The van der Waals surface area contributed by atoms with Crippen molar-refractivity contribution in [2.45, 2.75) is 69.6 Å². The van der Waals surface area contributed by atoms with E-state index in [0.717, 1.165) is 42.4 Å². The number of hydrogen-bond acceptors (Lipinski definition) is 4. The molecule has 1 unspecified atom stereocenters. The highest BCUT2D eigenvalue weighted by molar-refractivity contribution is 5.89. The summed E-state index contributed by atoms with van der Waals surface area (Å²) in [7, 11) is 0. The lowest BCUT2D eigenvalue weighted by Crippen LogP contribution is -2.53. The van der Waals surface area contributed by atoms with Gasteiger partial charge in [0.1, 0.15) is 6.10 Å². The van der Waals surface area contributed by atoms with Gasteiger partial charge in [-0.05, 0) is 48.3 Å². The Morgan fingerprint density at radius 3 is 1.76 bits per heavy atom. The fourth-order valence-corrected chi connectivity index (χ4v) is 5.45. The van der Waals surface area contributed by atoms with Crippen LogP contribution < -0.4 is 5.32 Å². The van der Waals surface area contributed by atoms with Gasteiger partial charge in [0.25, 0.3) is 0 Å². The first kappa shape index (κ1) is 27.5. The van der Waals surface area contributed by atoms with Crippen LogP contribution in [-0.4, -0.2) is 23.9 Å². The molecule has 0 bridgehead atoms. The topological polar surface area (TPSA) is 55.4 Å². The normalized spacial score (nSPS) is 15.8. The number of allylic oxidation sites excluding steroid dienone is 1. The van der Waals surface area contributed by atoms with Crippen molar-refractivity contribution in [3.63, 3.8) is 0 Å². The minimum absolute atomic E-state index is 0.000686. The van der Waals surface area contributed by atoms with Crippen molar-refractivity contribution in [3.05, 3.63) is 120 Å². The van der Waals surface area contributed by atoms with E-state index in [1.807, 2.05) is 61.5 Å². The quantitative estimate of drug-likeness (QED) is 0.162. The molecule has 3 aromatic carbocycles. The van der Waals surface area contributed by atoms with Gasteiger partial charge in [0.2, 0.25) is 0 Å². The number of carbonyl (C=O) groups excluding carboxylic acids is 2. The van der Waals surface area contributed by atoms with Crippen LogP contribution in [0.2, 0.25) is 0 Å². The summed E-state index contributed by atoms with van der Waals surface area (Å²) in [5.74, 6) is -0.344. The zero-order chi connectivity index (χ0) is 26.8. The maximum Gasteiger partial charge on any atom is 0.308 e. The first-order valence-corrected chi connectivity index (χ1v) is 13.8. The number of ether oxygens (including phenoxy) is 1. The van der Waals surface area contributed by atoms with Crippen molar-refractivity contribution in [1.82, 2.24) is 5.32 Å². The Bertz CT molecular complexity index is 1070. The number of carbonyl (C=O) groups is 2. The lowest BCUT2D eigenvalue weighted by Gasteiger charge is -2.40. The molecule has 38 heavy (non-hydrogen) atoms. The molecule has 0 radical (unpaired) electrons. The number of hydrogen-bond donors (Lipinski definition) is 1. The monoisotopic (exact) mass is 509 g/mol. The molecule has 1 saturated carbocycles. The Hall–Kier alpha value is -3.50. The van der Waals surface area contributed by atoms with E-state index < -0.39 is 11.6 Å². The van der Waals surface area contributed by atoms with Crippen LogP contribution in [0, 0.1) is 5.92 Å². The van der Waals surface area contributed by atoms with Crippen LogP contribution in [-0.2, 0) is 19.9 Å². The summed E-state index contributed by atoms with van der Waals surface area (Å²) in [5, 5.41) is 3.73. The van der Waals surface area contributed by atoms with Gasteiger partial charge in [0.15, 0.2) is 5.78 Å². The van der Waals surface area contributed by atoms with Crippen LogP contribution >= 0.6 is 0 Å². The van der Waals surface area contributed by atoms with Gasteiger partial charge < -0.3 is 4.74 Å². The first-order chi connectivity index (χ1) is 18.5. The summed E-state index contributed by atoms with van der Waals surface area (Å²) in [4.78, 5) is 27.0. The van der Waals surface area contributed by atoms with Gasteiger partial charge >= 0.3 is 5.97 Å². The number of Topliss-reactive ketones (excluding diaryl/α,β-unsaturated/α-hetero) is 1. The molecule has 3 aromatic rings. The highest BCUT2D eigenvalue weighted by atomic mass is 16.5. The summed E-state index contributed by atoms with van der Waals surface area (Å²) in [6, 6.07) is 29.7. The molecule has 0 amide bonds. The number of rotatable bonds is 12. The molecule has 4 rings (SSSR count). The van der Waals surface area contributed by atoms with Gasteiger partial charge in [0.05, 0.1) is 18.0 Å². The fraction of sp³-hybridized carbons (Fsp3) is 0.353. The number of ketones is 1. The molecule has 1 aliphatic carbocycles. The van der Waals surface area contributed by atoms with Crippen LogP contribution in [0.15, 0.2) is 104 Å². The maximum absolute atomic E-state index is 13.8. The van der Waals surface area contributed by atoms with Crippen LogP contribution in [0.5, 0.6) is 0 Å². The minimum atomic E-state index is -0.855. The molecular weight excluding hydrogens is 470 g/mol. The molecule has 4 nitrogen and oxygen atoms in total. The van der Waals surface area contributed by atoms with E-state index in [9.17, 15) is 9.59 Å². The number of esters is 1. The second-order valence-electron chi connectivity index (χ2n) is 10.4. The molecule has 198 valence electrons. The van der Waals surface area contributed by atoms with Crippen molar-refractivity contribution in [3.8, 4) is 0 Å². The van der Waals surface area contributed by atoms with E-state index in [4.69, 9.17) is 4.74 Å². The predicted octanol–water partition coefficient (Wildman–Crippen LogP) is 6.98. The maximum atomic E-state index is 13.8. The van der Waals surface area contributed by atoms with E-state index in [-0.39, 0.29) is 30.2 Å². The first-order valence-electron chi connectivity index (χ1n) is 13.8. The molecule has 0 heterocycles. The Kier molecular flexibility index (Phi) is 9.67. The second-order valence-corrected chi connectivity index (χ2v) is 10.4. The smallest absolute Gasteiger partial charge is 0.308 e. The zero-order valence-electron chi connectivity index (χ0n) is 22.4. The fourth-order valence-electron chi connectivity index (χ4n) is 5.45. The Morgan fingerprint density at radius 2 is 1.32 bits per heavy atom. The molecule has 1 N–H and O–H groups in total. The van der Waals surface area contributed by atoms with Gasteiger partial charge in [-0.25, -0.2) is 0 Å². The highest BCUT2D eigenvalue weighted by Crippen LogP contribution is 2.38. The van der Waals surface area contributed by atoms with E-state index >= 15 is 0 Å². The molecule has 1 aliphatic rings. The predicted molar refractivity (Wildman–Crippen MR) is 153 cm³/mol. The molecule has 1 fully saturated rings. The zero-order valence-corrected chi connectivity index (χ0v) is 22.4. The highest BCUT2D eigenvalue weighted by Gasteiger charge is 2.40. The summed E-state index contributed by atoms with van der Waals surface area (Å²) in [6.45, 7) is 5.84. The third kappa shape index (κ3) is 6.68. The third-order valence-electron chi connectivity index (χ3n) is 7.55. The van der Waals surface area contributed by atoms with E-state index in [1.54, 1.807) is 6.08 Å². The Morgan fingerprint density at radius 1 is 0.842 bits per heavy atom. The van der Waals surface area contributed by atoms with Crippen molar-refractivity contribution in [1.29, 1.82) is 0 Å². The third-order valence-corrected chi connectivity index (χ3v) is 7.55. The summed E-state index contributed by atoms with van der Waals surface area (Å²) in [5.41, 5.74) is 2.12. The number of nitrogens with one attached hydrogen (secondary N) is 1. The van der Waals surface area contributed by atoms with E-state index in [0.29, 0.717) is 6.42 Å². The van der Waals surface area contributed by atoms with Crippen LogP contribution in [0.25, 0.3) is 0 Å². The SMILES string of the molecule is C=CC(C)CC(=O)[C@H](CC(=O)OC1CCCCC1)NC(c1ccccc1)(c1ccccc1)c1ccccc1. The molecular formula is C34H39NO3. The molecule has 0 spiro atoms. The van der Waals surface area contributed by atoms with Gasteiger partial charge in [-0.15, -0.1) is 6.58 Å². The molecule has 0 aliphatic heterocycles.